The van der Waals surface area contributed by atoms with E-state index in [1.165, 1.54) is 40.3 Å². The zero-order chi connectivity index (χ0) is 25.7. The molecule has 0 radical (unpaired) electrons. The van der Waals surface area contributed by atoms with Crippen LogP contribution in [-0.2, 0) is 21.3 Å². The Morgan fingerprint density at radius 1 is 1.17 bits per heavy atom. The smallest absolute Gasteiger partial charge is 0.251 e. The van der Waals surface area contributed by atoms with Crippen LogP contribution >= 0.6 is 11.8 Å². The molecule has 0 saturated carbocycles. The molecule has 2 aromatic heterocycles. The second kappa shape index (κ2) is 11.5. The van der Waals surface area contributed by atoms with Crippen LogP contribution in [0.5, 0.6) is 0 Å². The number of nitrogens with one attached hydrogen (secondary N) is 2. The predicted octanol–water partition coefficient (Wildman–Crippen LogP) is 2.07. The third-order valence-corrected chi connectivity index (χ3v) is 8.13. The Labute approximate surface area is 215 Å². The van der Waals surface area contributed by atoms with Gasteiger partial charge in [-0.05, 0) is 36.4 Å². The van der Waals surface area contributed by atoms with Gasteiger partial charge in [-0.2, -0.15) is 9.40 Å². The minimum Gasteiger partial charge on any atom is -0.379 e. The number of anilines is 1. The number of carbonyl (C=O) groups is 1. The lowest BCUT2D eigenvalue weighted by Gasteiger charge is -2.26. The quantitative estimate of drug-likeness (QED) is 0.297. The fourth-order valence-electron chi connectivity index (χ4n) is 3.72. The van der Waals surface area contributed by atoms with Crippen LogP contribution in [0.4, 0.5) is 5.82 Å². The first-order valence-electron chi connectivity index (χ1n) is 11.8. The fourth-order valence-corrected chi connectivity index (χ4v) is 5.49. The van der Waals surface area contributed by atoms with E-state index in [4.69, 9.17) is 4.74 Å². The maximum absolute atomic E-state index is 12.8. The van der Waals surface area contributed by atoms with Crippen molar-refractivity contribution in [3.05, 3.63) is 36.0 Å². The number of morpholine rings is 1. The molecule has 1 aliphatic heterocycles. The van der Waals surface area contributed by atoms with Gasteiger partial charge in [0.2, 0.25) is 10.0 Å². The molecule has 3 heterocycles. The summed E-state index contributed by atoms with van der Waals surface area (Å²) in [5, 5.41) is 12.2. The minimum atomic E-state index is -3.60. The van der Waals surface area contributed by atoms with Crippen LogP contribution in [0.3, 0.4) is 0 Å². The monoisotopic (exact) mass is 533 g/mol. The highest BCUT2D eigenvalue weighted by atomic mass is 32.2. The topological polar surface area (TPSA) is 131 Å². The molecule has 2 N–H and O–H groups in total. The summed E-state index contributed by atoms with van der Waals surface area (Å²) >= 11 is 1.46. The Morgan fingerprint density at radius 3 is 2.56 bits per heavy atom. The molecule has 4 rings (SSSR count). The molecule has 36 heavy (non-hydrogen) atoms. The van der Waals surface area contributed by atoms with E-state index in [1.807, 2.05) is 6.26 Å². The van der Waals surface area contributed by atoms with Gasteiger partial charge in [0.15, 0.2) is 10.8 Å². The highest BCUT2D eigenvalue weighted by molar-refractivity contribution is 7.98. The SMILES string of the molecule is CSc1nc(NCC(C)C)c2cnn(CCNC(=O)c3ccc(S(=O)(=O)N4CCOCC4)cc3)c2n1. The van der Waals surface area contributed by atoms with Gasteiger partial charge < -0.3 is 15.4 Å². The Morgan fingerprint density at radius 2 is 1.89 bits per heavy atom. The number of nitrogens with zero attached hydrogens (tertiary/aromatic N) is 5. The van der Waals surface area contributed by atoms with Gasteiger partial charge in [-0.1, -0.05) is 25.6 Å². The molecular weight excluding hydrogens is 502 g/mol. The first kappa shape index (κ1) is 26.3. The summed E-state index contributed by atoms with van der Waals surface area (Å²) < 4.78 is 33.9. The molecule has 3 aromatic rings. The number of ether oxygens (including phenoxy) is 1. The lowest BCUT2D eigenvalue weighted by molar-refractivity contribution is 0.0730. The third kappa shape index (κ3) is 5.97. The number of rotatable bonds is 10. The van der Waals surface area contributed by atoms with Crippen molar-refractivity contribution in [3.63, 3.8) is 0 Å². The second-order valence-electron chi connectivity index (χ2n) is 8.74. The number of aromatic nitrogens is 4. The molecular formula is C23H31N7O4S2. The van der Waals surface area contributed by atoms with Crippen molar-refractivity contribution in [3.8, 4) is 0 Å². The van der Waals surface area contributed by atoms with Gasteiger partial charge in [0.1, 0.15) is 5.82 Å². The Kier molecular flexibility index (Phi) is 8.44. The highest BCUT2D eigenvalue weighted by Gasteiger charge is 2.26. The summed E-state index contributed by atoms with van der Waals surface area (Å²) in [4.78, 5) is 22.0. The van der Waals surface area contributed by atoms with Crippen molar-refractivity contribution >= 4 is 44.5 Å². The van der Waals surface area contributed by atoms with Crippen LogP contribution in [0.15, 0.2) is 40.5 Å². The standard InChI is InChI=1S/C23H31N7O4S2/c1-16(2)14-25-20-19-15-26-30(21(19)28-23(27-20)35-3)9-8-24-22(31)17-4-6-18(7-5-17)36(32,33)29-10-12-34-13-11-29/h4-7,15-16H,8-14H2,1-3H3,(H,24,31)(H,25,27,28). The Hall–Kier alpha value is -2.74. The lowest BCUT2D eigenvalue weighted by Crippen LogP contribution is -2.40. The van der Waals surface area contributed by atoms with Crippen LogP contribution in [0.25, 0.3) is 11.0 Å². The number of carbonyl (C=O) groups excluding carboxylic acids is 1. The van der Waals surface area contributed by atoms with Crippen LogP contribution in [0.1, 0.15) is 24.2 Å². The van der Waals surface area contributed by atoms with Crippen molar-refractivity contribution in [2.75, 3.05) is 51.0 Å². The average molecular weight is 534 g/mol. The molecule has 13 heteroatoms. The molecule has 1 fully saturated rings. The fraction of sp³-hybridized carbons (Fsp3) is 0.478. The minimum absolute atomic E-state index is 0.162. The summed E-state index contributed by atoms with van der Waals surface area (Å²) in [6.07, 6.45) is 3.66. The van der Waals surface area contributed by atoms with E-state index in [-0.39, 0.29) is 10.8 Å². The molecule has 1 saturated heterocycles. The lowest BCUT2D eigenvalue weighted by atomic mass is 10.2. The molecule has 1 aromatic carbocycles. The summed E-state index contributed by atoms with van der Waals surface area (Å²) in [6.45, 7) is 7.21. The molecule has 1 aliphatic rings. The number of hydrogen-bond donors (Lipinski definition) is 2. The number of thioether (sulfide) groups is 1. The van der Waals surface area contributed by atoms with Crippen molar-refractivity contribution in [2.24, 2.45) is 5.92 Å². The summed E-state index contributed by atoms with van der Waals surface area (Å²) in [5.74, 6) is 0.924. The average Bonchev–Trinajstić information content (AvgIpc) is 3.30. The third-order valence-electron chi connectivity index (χ3n) is 5.67. The van der Waals surface area contributed by atoms with Gasteiger partial charge in [-0.25, -0.2) is 23.1 Å². The van der Waals surface area contributed by atoms with Crippen molar-refractivity contribution in [1.29, 1.82) is 0 Å². The van der Waals surface area contributed by atoms with Crippen LogP contribution in [0, 0.1) is 5.92 Å². The van der Waals surface area contributed by atoms with Gasteiger partial charge >= 0.3 is 0 Å². The van der Waals surface area contributed by atoms with Crippen molar-refractivity contribution in [2.45, 2.75) is 30.4 Å². The number of sulfonamides is 1. The van der Waals surface area contributed by atoms with E-state index in [2.05, 4.69) is 39.5 Å². The molecule has 11 nitrogen and oxygen atoms in total. The molecule has 0 bridgehead atoms. The Balaban J connectivity index is 1.39. The number of fused-ring (bicyclic) bond motifs is 1. The Bertz CT molecular complexity index is 1300. The van der Waals surface area contributed by atoms with Gasteiger partial charge in [0.05, 0.1) is 36.2 Å². The van der Waals surface area contributed by atoms with Crippen molar-refractivity contribution in [1.82, 2.24) is 29.4 Å². The molecule has 1 amide bonds. The zero-order valence-corrected chi connectivity index (χ0v) is 22.2. The molecule has 194 valence electrons. The summed E-state index contributed by atoms with van der Waals surface area (Å²) in [5.41, 5.74) is 1.08. The van der Waals surface area contributed by atoms with Gasteiger partial charge in [-0.15, -0.1) is 0 Å². The number of hydrogen-bond acceptors (Lipinski definition) is 9. The van der Waals surface area contributed by atoms with E-state index in [0.29, 0.717) is 61.7 Å². The van der Waals surface area contributed by atoms with Crippen LogP contribution in [-0.4, -0.2) is 84.0 Å². The molecule has 0 atom stereocenters. The number of amides is 1. The van der Waals surface area contributed by atoms with Gasteiger partial charge in [0.25, 0.3) is 5.91 Å². The van der Waals surface area contributed by atoms with Crippen molar-refractivity contribution < 1.29 is 17.9 Å². The first-order valence-corrected chi connectivity index (χ1v) is 14.4. The van der Waals surface area contributed by atoms with Crippen LogP contribution < -0.4 is 10.6 Å². The summed E-state index contributed by atoms with van der Waals surface area (Å²) in [6, 6.07) is 5.98. The normalized spacial score (nSPS) is 14.9. The number of benzene rings is 1. The van der Waals surface area contributed by atoms with E-state index >= 15 is 0 Å². The second-order valence-corrected chi connectivity index (χ2v) is 11.4. The van der Waals surface area contributed by atoms with E-state index < -0.39 is 10.0 Å². The highest BCUT2D eigenvalue weighted by Crippen LogP contribution is 2.23. The van der Waals surface area contributed by atoms with E-state index in [9.17, 15) is 13.2 Å². The van der Waals surface area contributed by atoms with Crippen LogP contribution in [0.2, 0.25) is 0 Å². The largest absolute Gasteiger partial charge is 0.379 e. The maximum Gasteiger partial charge on any atom is 0.251 e. The molecule has 0 unspecified atom stereocenters. The molecule has 0 aliphatic carbocycles. The maximum atomic E-state index is 12.8. The van der Waals surface area contributed by atoms with Gasteiger partial charge in [-0.3, -0.25) is 4.79 Å². The molecule has 0 spiro atoms. The van der Waals surface area contributed by atoms with Gasteiger partial charge in [0, 0.05) is 31.7 Å². The zero-order valence-electron chi connectivity index (χ0n) is 20.6. The summed E-state index contributed by atoms with van der Waals surface area (Å²) in [7, 11) is -3.60. The van der Waals surface area contributed by atoms with E-state index in [1.54, 1.807) is 10.9 Å². The van der Waals surface area contributed by atoms with E-state index in [0.717, 1.165) is 17.7 Å². The first-order chi connectivity index (χ1) is 17.3. The predicted molar refractivity (Wildman–Crippen MR) is 139 cm³/mol.